The number of hydrogen-bond donors (Lipinski definition) is 2. The Labute approximate surface area is 95.4 Å². The van der Waals surface area contributed by atoms with Crippen LogP contribution in [0, 0.1) is 0 Å². The third-order valence-electron chi connectivity index (χ3n) is 3.05. The van der Waals surface area contributed by atoms with Gasteiger partial charge >= 0.3 is 0 Å². The summed E-state index contributed by atoms with van der Waals surface area (Å²) < 4.78 is 0. The second kappa shape index (κ2) is 4.53. The van der Waals surface area contributed by atoms with E-state index >= 15 is 0 Å². The molecular weight excluding hydrogens is 202 g/mol. The maximum atomic E-state index is 11.5. The van der Waals surface area contributed by atoms with E-state index in [2.05, 4.69) is 10.2 Å². The van der Waals surface area contributed by atoms with E-state index in [1.165, 1.54) is 0 Å². The van der Waals surface area contributed by atoms with E-state index in [1.54, 1.807) is 0 Å². The van der Waals surface area contributed by atoms with Crippen LogP contribution in [0.1, 0.15) is 12.5 Å². The van der Waals surface area contributed by atoms with Crippen LogP contribution >= 0.6 is 0 Å². The van der Waals surface area contributed by atoms with Crippen LogP contribution in [0.25, 0.3) is 0 Å². The fraction of sp³-hybridized carbons (Fsp3) is 0.417. The highest BCUT2D eigenvalue weighted by Crippen LogP contribution is 2.16. The quantitative estimate of drug-likeness (QED) is 0.716. The van der Waals surface area contributed by atoms with Crippen molar-refractivity contribution in [1.29, 1.82) is 0 Å². The van der Waals surface area contributed by atoms with Crippen LogP contribution in [0.5, 0.6) is 0 Å². The molecule has 1 fully saturated rings. The van der Waals surface area contributed by atoms with Crippen molar-refractivity contribution in [2.75, 3.05) is 18.8 Å². The Hall–Kier alpha value is -1.55. The summed E-state index contributed by atoms with van der Waals surface area (Å²) in [5.74, 6) is 0.0979. The molecule has 1 aromatic carbocycles. The van der Waals surface area contributed by atoms with Crippen LogP contribution < -0.4 is 11.1 Å². The van der Waals surface area contributed by atoms with Gasteiger partial charge in [-0.2, -0.15) is 0 Å². The Balaban J connectivity index is 2.09. The standard InChI is InChI=1S/C12H17N3O/c1-9-12(16)14-6-7-15(9)8-10-4-2-3-5-11(10)13/h2-5,9H,6-8,13H2,1H3,(H,14,16). The van der Waals surface area contributed by atoms with E-state index in [9.17, 15) is 4.79 Å². The molecule has 0 spiro atoms. The number of nitrogens with one attached hydrogen (secondary N) is 1. The molecule has 1 amide bonds. The smallest absolute Gasteiger partial charge is 0.237 e. The normalized spacial score (nSPS) is 21.8. The van der Waals surface area contributed by atoms with E-state index in [0.29, 0.717) is 0 Å². The summed E-state index contributed by atoms with van der Waals surface area (Å²) in [6.45, 7) is 4.26. The lowest BCUT2D eigenvalue weighted by Gasteiger charge is -2.32. The summed E-state index contributed by atoms with van der Waals surface area (Å²) in [7, 11) is 0. The molecular formula is C12H17N3O. The summed E-state index contributed by atoms with van der Waals surface area (Å²) >= 11 is 0. The molecule has 1 aromatic rings. The van der Waals surface area contributed by atoms with Gasteiger partial charge in [0.1, 0.15) is 0 Å². The van der Waals surface area contributed by atoms with Gasteiger partial charge in [-0.25, -0.2) is 0 Å². The highest BCUT2D eigenvalue weighted by molar-refractivity contribution is 5.82. The number of nitrogens with two attached hydrogens (primary N) is 1. The first-order valence-corrected chi connectivity index (χ1v) is 5.53. The predicted octanol–water partition coefficient (Wildman–Crippen LogP) is 0.589. The molecule has 86 valence electrons. The van der Waals surface area contributed by atoms with Gasteiger partial charge in [-0.1, -0.05) is 18.2 Å². The minimum absolute atomic E-state index is 0.0756. The molecule has 1 aliphatic rings. The average Bonchev–Trinajstić information content (AvgIpc) is 2.28. The minimum Gasteiger partial charge on any atom is -0.398 e. The van der Waals surface area contributed by atoms with Gasteiger partial charge in [-0.15, -0.1) is 0 Å². The predicted molar refractivity (Wildman–Crippen MR) is 63.7 cm³/mol. The van der Waals surface area contributed by atoms with Crippen molar-refractivity contribution >= 4 is 11.6 Å². The summed E-state index contributed by atoms with van der Waals surface area (Å²) in [6, 6.07) is 7.72. The molecule has 0 bridgehead atoms. The molecule has 1 saturated heterocycles. The minimum atomic E-state index is -0.0756. The van der Waals surface area contributed by atoms with Gasteiger partial charge in [0.15, 0.2) is 0 Å². The number of benzene rings is 1. The van der Waals surface area contributed by atoms with Gasteiger partial charge in [-0.05, 0) is 18.6 Å². The Morgan fingerprint density at radius 1 is 1.50 bits per heavy atom. The molecule has 4 heteroatoms. The average molecular weight is 219 g/mol. The van der Waals surface area contributed by atoms with Crippen molar-refractivity contribution in [3.63, 3.8) is 0 Å². The Bertz CT molecular complexity index is 392. The number of carbonyl (C=O) groups is 1. The lowest BCUT2D eigenvalue weighted by Crippen LogP contribution is -2.53. The molecule has 1 aliphatic heterocycles. The van der Waals surface area contributed by atoms with Gasteiger partial charge in [0.2, 0.25) is 5.91 Å². The Morgan fingerprint density at radius 2 is 2.25 bits per heavy atom. The number of carbonyl (C=O) groups excluding carboxylic acids is 1. The van der Waals surface area contributed by atoms with Crippen LogP contribution in [0.4, 0.5) is 5.69 Å². The number of piperazine rings is 1. The fourth-order valence-corrected chi connectivity index (χ4v) is 1.94. The SMILES string of the molecule is CC1C(=O)NCCN1Cc1ccccc1N. The van der Waals surface area contributed by atoms with E-state index in [-0.39, 0.29) is 11.9 Å². The largest absolute Gasteiger partial charge is 0.398 e. The van der Waals surface area contributed by atoms with Crippen LogP contribution in [0.2, 0.25) is 0 Å². The third kappa shape index (κ3) is 2.17. The van der Waals surface area contributed by atoms with Crippen molar-refractivity contribution < 1.29 is 4.79 Å². The zero-order valence-corrected chi connectivity index (χ0v) is 9.44. The van der Waals surface area contributed by atoms with E-state index in [0.717, 1.165) is 30.9 Å². The number of amides is 1. The van der Waals surface area contributed by atoms with E-state index in [1.807, 2.05) is 31.2 Å². The van der Waals surface area contributed by atoms with E-state index < -0.39 is 0 Å². The first-order valence-electron chi connectivity index (χ1n) is 5.53. The molecule has 4 nitrogen and oxygen atoms in total. The summed E-state index contributed by atoms with van der Waals surface area (Å²) in [4.78, 5) is 13.6. The molecule has 3 N–H and O–H groups in total. The molecule has 2 rings (SSSR count). The highest BCUT2D eigenvalue weighted by Gasteiger charge is 2.25. The van der Waals surface area contributed by atoms with Gasteiger partial charge in [0, 0.05) is 25.3 Å². The topological polar surface area (TPSA) is 58.4 Å². The van der Waals surface area contributed by atoms with Gasteiger partial charge < -0.3 is 11.1 Å². The zero-order chi connectivity index (χ0) is 11.5. The Morgan fingerprint density at radius 3 is 3.00 bits per heavy atom. The summed E-state index contributed by atoms with van der Waals surface area (Å²) in [6.07, 6.45) is 0. The molecule has 1 unspecified atom stereocenters. The lowest BCUT2D eigenvalue weighted by atomic mass is 10.1. The molecule has 0 saturated carbocycles. The van der Waals surface area contributed by atoms with Gasteiger partial charge in [-0.3, -0.25) is 9.69 Å². The third-order valence-corrected chi connectivity index (χ3v) is 3.05. The first-order chi connectivity index (χ1) is 7.68. The fourth-order valence-electron chi connectivity index (χ4n) is 1.94. The lowest BCUT2D eigenvalue weighted by molar-refractivity contribution is -0.128. The number of nitrogens with zero attached hydrogens (tertiary/aromatic N) is 1. The molecule has 0 aliphatic carbocycles. The van der Waals surface area contributed by atoms with Crippen LogP contribution in [0.3, 0.4) is 0 Å². The van der Waals surface area contributed by atoms with Crippen molar-refractivity contribution in [2.24, 2.45) is 0 Å². The maximum Gasteiger partial charge on any atom is 0.237 e. The highest BCUT2D eigenvalue weighted by atomic mass is 16.2. The molecule has 1 heterocycles. The molecule has 0 aromatic heterocycles. The second-order valence-corrected chi connectivity index (χ2v) is 4.14. The summed E-state index contributed by atoms with van der Waals surface area (Å²) in [5, 5.41) is 2.85. The Kier molecular flexibility index (Phi) is 3.10. The number of hydrogen-bond acceptors (Lipinski definition) is 3. The van der Waals surface area contributed by atoms with Crippen molar-refractivity contribution in [3.8, 4) is 0 Å². The van der Waals surface area contributed by atoms with E-state index in [4.69, 9.17) is 5.73 Å². The number of para-hydroxylation sites is 1. The summed E-state index contributed by atoms with van der Waals surface area (Å²) in [5.41, 5.74) is 7.77. The van der Waals surface area contributed by atoms with Crippen LogP contribution in [-0.4, -0.2) is 29.9 Å². The first kappa shape index (κ1) is 11.0. The van der Waals surface area contributed by atoms with Crippen molar-refractivity contribution in [1.82, 2.24) is 10.2 Å². The van der Waals surface area contributed by atoms with Gasteiger partial charge in [0.05, 0.1) is 6.04 Å². The van der Waals surface area contributed by atoms with Gasteiger partial charge in [0.25, 0.3) is 0 Å². The number of anilines is 1. The molecule has 0 radical (unpaired) electrons. The van der Waals surface area contributed by atoms with Crippen molar-refractivity contribution in [3.05, 3.63) is 29.8 Å². The molecule has 1 atom stereocenters. The second-order valence-electron chi connectivity index (χ2n) is 4.14. The van der Waals surface area contributed by atoms with Crippen LogP contribution in [0.15, 0.2) is 24.3 Å². The van der Waals surface area contributed by atoms with Crippen LogP contribution in [-0.2, 0) is 11.3 Å². The molecule has 16 heavy (non-hydrogen) atoms. The van der Waals surface area contributed by atoms with Crippen molar-refractivity contribution in [2.45, 2.75) is 19.5 Å². The monoisotopic (exact) mass is 219 g/mol. The number of rotatable bonds is 2. The number of nitrogen functional groups attached to an aromatic ring is 1. The maximum absolute atomic E-state index is 11.5. The zero-order valence-electron chi connectivity index (χ0n) is 9.44.